The summed E-state index contributed by atoms with van der Waals surface area (Å²) in [5.41, 5.74) is 2.28. The first kappa shape index (κ1) is 18.8. The Hall–Kier alpha value is -2.99. The van der Waals surface area contributed by atoms with Gasteiger partial charge in [-0.3, -0.25) is 9.59 Å². The van der Waals surface area contributed by atoms with E-state index in [1.807, 2.05) is 67.6 Å². The van der Waals surface area contributed by atoms with Crippen LogP contribution in [0.15, 0.2) is 66.0 Å². The fourth-order valence-corrected chi connectivity index (χ4v) is 3.40. The molecule has 1 heterocycles. The molecule has 2 aromatic carbocycles. The number of para-hydroxylation sites is 1. The van der Waals surface area contributed by atoms with Crippen molar-refractivity contribution in [3.05, 3.63) is 77.3 Å². The van der Waals surface area contributed by atoms with E-state index >= 15 is 0 Å². The lowest BCUT2D eigenvalue weighted by molar-refractivity contribution is -0.116. The number of benzene rings is 2. The second-order valence-electron chi connectivity index (χ2n) is 5.96. The van der Waals surface area contributed by atoms with Crippen LogP contribution in [0, 0.1) is 0 Å². The zero-order valence-corrected chi connectivity index (χ0v) is 15.9. The fourth-order valence-electron chi connectivity index (χ4n) is 2.70. The Kier molecular flexibility index (Phi) is 6.33. The van der Waals surface area contributed by atoms with Crippen molar-refractivity contribution in [2.45, 2.75) is 19.8 Å². The van der Waals surface area contributed by atoms with Gasteiger partial charge >= 0.3 is 0 Å². The van der Waals surface area contributed by atoms with E-state index in [2.05, 4.69) is 10.3 Å². The summed E-state index contributed by atoms with van der Waals surface area (Å²) in [6.07, 6.45) is 1.04. The number of nitrogens with one attached hydrogen (secondary N) is 1. The number of amides is 2. The molecule has 138 valence electrons. The molecule has 0 aliphatic rings. The first-order valence-corrected chi connectivity index (χ1v) is 9.71. The van der Waals surface area contributed by atoms with Gasteiger partial charge in [-0.2, -0.15) is 0 Å². The molecule has 0 spiro atoms. The Morgan fingerprint density at radius 3 is 2.37 bits per heavy atom. The van der Waals surface area contributed by atoms with Crippen molar-refractivity contribution in [3.8, 4) is 0 Å². The van der Waals surface area contributed by atoms with Crippen molar-refractivity contribution < 1.29 is 9.59 Å². The van der Waals surface area contributed by atoms with Gasteiger partial charge < -0.3 is 10.2 Å². The van der Waals surface area contributed by atoms with Gasteiger partial charge in [0.05, 0.1) is 0 Å². The van der Waals surface area contributed by atoms with Gasteiger partial charge in [0.2, 0.25) is 5.91 Å². The van der Waals surface area contributed by atoms with E-state index in [1.165, 1.54) is 11.3 Å². The van der Waals surface area contributed by atoms with Gasteiger partial charge in [-0.05, 0) is 31.0 Å². The van der Waals surface area contributed by atoms with Crippen molar-refractivity contribution in [2.75, 3.05) is 16.8 Å². The number of hydrogen-bond donors (Lipinski definition) is 1. The lowest BCUT2D eigenvalue weighted by atomic mass is 10.1. The zero-order chi connectivity index (χ0) is 19.1. The van der Waals surface area contributed by atoms with Crippen LogP contribution in [-0.2, 0) is 11.2 Å². The average molecular weight is 379 g/mol. The normalized spacial score (nSPS) is 10.4. The van der Waals surface area contributed by atoms with Crippen LogP contribution < -0.4 is 10.2 Å². The van der Waals surface area contributed by atoms with Gasteiger partial charge in [-0.15, -0.1) is 11.3 Å². The lowest BCUT2D eigenvalue weighted by Gasteiger charge is -2.19. The molecule has 6 heteroatoms. The summed E-state index contributed by atoms with van der Waals surface area (Å²) < 4.78 is 0. The predicted octanol–water partition coefficient (Wildman–Crippen LogP) is 4.38. The number of thiazole rings is 1. The second kappa shape index (κ2) is 9.09. The summed E-state index contributed by atoms with van der Waals surface area (Å²) in [5, 5.41) is 4.91. The third-order valence-electron chi connectivity index (χ3n) is 4.08. The van der Waals surface area contributed by atoms with Crippen LogP contribution in [0.3, 0.4) is 0 Å². The number of nitrogens with zero attached hydrogens (tertiary/aromatic N) is 2. The molecule has 0 bridgehead atoms. The van der Waals surface area contributed by atoms with Gasteiger partial charge in [0.15, 0.2) is 5.13 Å². The number of rotatable bonds is 7. The molecule has 3 aromatic rings. The summed E-state index contributed by atoms with van der Waals surface area (Å²) in [6.45, 7) is 2.46. The van der Waals surface area contributed by atoms with Crippen molar-refractivity contribution in [3.63, 3.8) is 0 Å². The molecule has 0 saturated carbocycles. The molecular formula is C21H21N3O2S. The minimum atomic E-state index is -0.176. The maximum Gasteiger partial charge on any atom is 0.277 e. The van der Waals surface area contributed by atoms with E-state index in [0.29, 0.717) is 30.2 Å². The summed E-state index contributed by atoms with van der Waals surface area (Å²) in [4.78, 5) is 30.8. The van der Waals surface area contributed by atoms with Crippen molar-refractivity contribution in [2.24, 2.45) is 0 Å². The van der Waals surface area contributed by atoms with E-state index < -0.39 is 0 Å². The first-order valence-electron chi connectivity index (χ1n) is 8.83. The Bertz CT molecular complexity index is 894. The number of carbonyl (C=O) groups is 2. The number of carbonyl (C=O) groups excluding carboxylic acids is 2. The van der Waals surface area contributed by atoms with Crippen LogP contribution in [0.5, 0.6) is 0 Å². The van der Waals surface area contributed by atoms with E-state index in [-0.39, 0.29) is 11.8 Å². The molecule has 0 aliphatic carbocycles. The molecule has 0 radical (unpaired) electrons. The van der Waals surface area contributed by atoms with Gasteiger partial charge in [0, 0.05) is 24.0 Å². The second-order valence-corrected chi connectivity index (χ2v) is 6.81. The molecule has 1 aromatic heterocycles. The molecule has 3 rings (SSSR count). The number of hydrogen-bond acceptors (Lipinski definition) is 4. The van der Waals surface area contributed by atoms with Gasteiger partial charge in [-0.25, -0.2) is 4.98 Å². The Labute approximate surface area is 162 Å². The van der Waals surface area contributed by atoms with Gasteiger partial charge in [-0.1, -0.05) is 48.5 Å². The molecule has 0 fully saturated rings. The van der Waals surface area contributed by atoms with Crippen LogP contribution in [-0.4, -0.2) is 23.3 Å². The minimum Gasteiger partial charge on any atom is -0.307 e. The first-order chi connectivity index (χ1) is 13.2. The van der Waals surface area contributed by atoms with Crippen LogP contribution in [0.1, 0.15) is 29.4 Å². The van der Waals surface area contributed by atoms with Crippen LogP contribution in [0.4, 0.5) is 10.8 Å². The highest BCUT2D eigenvalue weighted by Crippen LogP contribution is 2.21. The molecule has 0 atom stereocenters. The SMILES string of the molecule is CCN(C(=O)c1csc(NC(=O)CCc2ccccc2)n1)c1ccccc1. The highest BCUT2D eigenvalue weighted by atomic mass is 32.1. The zero-order valence-electron chi connectivity index (χ0n) is 15.1. The number of anilines is 2. The maximum absolute atomic E-state index is 12.7. The third-order valence-corrected chi connectivity index (χ3v) is 4.84. The highest BCUT2D eigenvalue weighted by molar-refractivity contribution is 7.14. The van der Waals surface area contributed by atoms with E-state index in [4.69, 9.17) is 0 Å². The predicted molar refractivity (Wildman–Crippen MR) is 109 cm³/mol. The molecule has 27 heavy (non-hydrogen) atoms. The molecule has 2 amide bonds. The molecule has 5 nitrogen and oxygen atoms in total. The quantitative estimate of drug-likeness (QED) is 0.663. The fraction of sp³-hybridized carbons (Fsp3) is 0.190. The van der Waals surface area contributed by atoms with Crippen molar-refractivity contribution >= 4 is 34.0 Å². The maximum atomic E-state index is 12.7. The third kappa shape index (κ3) is 5.01. The highest BCUT2D eigenvalue weighted by Gasteiger charge is 2.19. The summed E-state index contributed by atoms with van der Waals surface area (Å²) in [5.74, 6) is -0.285. The molecule has 1 N–H and O–H groups in total. The Morgan fingerprint density at radius 1 is 1.04 bits per heavy atom. The summed E-state index contributed by atoms with van der Waals surface area (Å²) >= 11 is 1.26. The van der Waals surface area contributed by atoms with Crippen LogP contribution >= 0.6 is 11.3 Å². The largest absolute Gasteiger partial charge is 0.307 e. The van der Waals surface area contributed by atoms with Gasteiger partial charge in [0.25, 0.3) is 5.91 Å². The van der Waals surface area contributed by atoms with Crippen LogP contribution in [0.2, 0.25) is 0 Å². The van der Waals surface area contributed by atoms with Crippen molar-refractivity contribution in [1.29, 1.82) is 0 Å². The topological polar surface area (TPSA) is 62.3 Å². The smallest absolute Gasteiger partial charge is 0.277 e. The van der Waals surface area contributed by atoms with Gasteiger partial charge in [0.1, 0.15) is 5.69 Å². The van der Waals surface area contributed by atoms with E-state index in [1.54, 1.807) is 10.3 Å². The summed E-state index contributed by atoms with van der Waals surface area (Å²) in [7, 11) is 0. The van der Waals surface area contributed by atoms with Crippen LogP contribution in [0.25, 0.3) is 0 Å². The lowest BCUT2D eigenvalue weighted by Crippen LogP contribution is -2.30. The standard InChI is InChI=1S/C21H21N3O2S/c1-2-24(17-11-7-4-8-12-17)20(26)18-15-27-21(22-18)23-19(25)14-13-16-9-5-3-6-10-16/h3-12,15H,2,13-14H2,1H3,(H,22,23,25). The monoisotopic (exact) mass is 379 g/mol. The molecular weight excluding hydrogens is 358 g/mol. The average Bonchev–Trinajstić information content (AvgIpc) is 3.17. The molecule has 0 saturated heterocycles. The Morgan fingerprint density at radius 2 is 1.70 bits per heavy atom. The minimum absolute atomic E-state index is 0.109. The Balaban J connectivity index is 1.60. The molecule has 0 unspecified atom stereocenters. The van der Waals surface area contributed by atoms with Crippen molar-refractivity contribution in [1.82, 2.24) is 4.98 Å². The summed E-state index contributed by atoms with van der Waals surface area (Å²) in [6, 6.07) is 19.3. The molecule has 0 aliphatic heterocycles. The van der Waals surface area contributed by atoms with E-state index in [9.17, 15) is 9.59 Å². The number of aryl methyl sites for hydroxylation is 1. The van der Waals surface area contributed by atoms with E-state index in [0.717, 1.165) is 11.3 Å². The number of aromatic nitrogens is 1.